The van der Waals surface area contributed by atoms with Crippen LogP contribution in [0.5, 0.6) is 5.75 Å². The SMILES string of the molecule is CC(C=CC1=C(C)CCCC1(C)C)=CC=CC(C)=CC(=O)Oc1ccc(C(F)(F)F)cc1C. The lowest BCUT2D eigenvalue weighted by molar-refractivity contribution is -0.137. The second-order valence-electron chi connectivity index (χ2n) is 9.32. The third kappa shape index (κ3) is 7.92. The molecule has 0 radical (unpaired) electrons. The summed E-state index contributed by atoms with van der Waals surface area (Å²) in [5, 5.41) is 0. The second kappa shape index (κ2) is 10.9. The molecule has 0 saturated heterocycles. The fraction of sp³-hybridized carbons (Fsp3) is 0.393. The largest absolute Gasteiger partial charge is 0.423 e. The number of esters is 1. The van der Waals surface area contributed by atoms with Gasteiger partial charge in [-0.1, -0.05) is 55.4 Å². The average molecular weight is 459 g/mol. The molecular weight excluding hydrogens is 425 g/mol. The van der Waals surface area contributed by atoms with E-state index in [-0.39, 0.29) is 16.7 Å². The van der Waals surface area contributed by atoms with E-state index in [1.165, 1.54) is 37.0 Å². The standard InChI is InChI=1S/C28H33F3O2/c1-19(12-14-24-21(3)11-8-16-27(24,5)6)9-7-10-20(2)17-26(32)33-25-15-13-23(18-22(25)4)28(29,30)31/h7,9-10,12-15,17-18H,8,11,16H2,1-6H3. The van der Waals surface area contributed by atoms with Gasteiger partial charge in [-0.05, 0) is 87.3 Å². The van der Waals surface area contributed by atoms with Crippen molar-refractivity contribution in [2.75, 3.05) is 0 Å². The van der Waals surface area contributed by atoms with Crippen LogP contribution < -0.4 is 4.74 Å². The Kier molecular flexibility index (Phi) is 8.70. The van der Waals surface area contributed by atoms with Crippen molar-refractivity contribution < 1.29 is 22.7 Å². The van der Waals surface area contributed by atoms with Gasteiger partial charge >= 0.3 is 12.1 Å². The normalized spacial score (nSPS) is 17.8. The lowest BCUT2D eigenvalue weighted by Gasteiger charge is -2.32. The second-order valence-corrected chi connectivity index (χ2v) is 9.32. The summed E-state index contributed by atoms with van der Waals surface area (Å²) in [5.41, 5.74) is 4.28. The van der Waals surface area contributed by atoms with Crippen molar-refractivity contribution in [2.45, 2.75) is 67.0 Å². The van der Waals surface area contributed by atoms with Crippen molar-refractivity contribution in [3.05, 3.63) is 88.1 Å². The number of hydrogen-bond donors (Lipinski definition) is 0. The van der Waals surface area contributed by atoms with E-state index < -0.39 is 17.7 Å². The van der Waals surface area contributed by atoms with Crippen LogP contribution in [0.4, 0.5) is 13.2 Å². The van der Waals surface area contributed by atoms with Gasteiger partial charge < -0.3 is 4.74 Å². The summed E-state index contributed by atoms with van der Waals surface area (Å²) in [5.74, 6) is -0.528. The predicted octanol–water partition coefficient (Wildman–Crippen LogP) is 8.45. The van der Waals surface area contributed by atoms with E-state index >= 15 is 0 Å². The van der Waals surface area contributed by atoms with Crippen molar-refractivity contribution in [2.24, 2.45) is 5.41 Å². The summed E-state index contributed by atoms with van der Waals surface area (Å²) in [7, 11) is 0. The molecule has 0 saturated carbocycles. The number of halogens is 3. The van der Waals surface area contributed by atoms with Gasteiger partial charge in [0, 0.05) is 6.08 Å². The zero-order valence-corrected chi connectivity index (χ0v) is 20.3. The first kappa shape index (κ1) is 26.4. The summed E-state index contributed by atoms with van der Waals surface area (Å²) in [4.78, 5) is 12.1. The van der Waals surface area contributed by atoms with E-state index in [1.54, 1.807) is 13.0 Å². The molecule has 2 nitrogen and oxygen atoms in total. The minimum absolute atomic E-state index is 0.108. The lowest BCUT2D eigenvalue weighted by atomic mass is 9.72. The van der Waals surface area contributed by atoms with Gasteiger partial charge in [-0.25, -0.2) is 4.79 Å². The minimum atomic E-state index is -4.43. The van der Waals surface area contributed by atoms with E-state index in [4.69, 9.17) is 4.74 Å². The highest BCUT2D eigenvalue weighted by molar-refractivity contribution is 5.85. The number of rotatable bonds is 6. The Hall–Kier alpha value is -2.82. The Morgan fingerprint density at radius 3 is 2.39 bits per heavy atom. The highest BCUT2D eigenvalue weighted by Gasteiger charge is 2.31. The quantitative estimate of drug-likeness (QED) is 0.185. The number of allylic oxidation sites excluding steroid dienone is 9. The summed E-state index contributed by atoms with van der Waals surface area (Å²) >= 11 is 0. The molecular formula is C28H33F3O2. The zero-order valence-electron chi connectivity index (χ0n) is 20.3. The van der Waals surface area contributed by atoms with Gasteiger partial charge in [0.15, 0.2) is 0 Å². The molecule has 0 unspecified atom stereocenters. The minimum Gasteiger partial charge on any atom is -0.423 e. The lowest BCUT2D eigenvalue weighted by Crippen LogP contribution is -2.19. The van der Waals surface area contributed by atoms with Gasteiger partial charge in [0.2, 0.25) is 0 Å². The van der Waals surface area contributed by atoms with Crippen LogP contribution in [-0.2, 0) is 11.0 Å². The maximum Gasteiger partial charge on any atom is 0.416 e. The summed E-state index contributed by atoms with van der Waals surface area (Å²) in [6, 6.07) is 3.03. The third-order valence-corrected chi connectivity index (χ3v) is 5.83. The van der Waals surface area contributed by atoms with E-state index in [9.17, 15) is 18.0 Å². The molecule has 1 aliphatic carbocycles. The smallest absolute Gasteiger partial charge is 0.416 e. The molecule has 1 aromatic carbocycles. The third-order valence-electron chi connectivity index (χ3n) is 5.83. The van der Waals surface area contributed by atoms with E-state index in [0.29, 0.717) is 5.57 Å². The molecule has 0 N–H and O–H groups in total. The van der Waals surface area contributed by atoms with Crippen LogP contribution in [0, 0.1) is 12.3 Å². The Labute approximate surface area is 195 Å². The zero-order chi connectivity index (χ0) is 24.8. The number of carbonyl (C=O) groups is 1. The first-order valence-electron chi connectivity index (χ1n) is 11.1. The Morgan fingerprint density at radius 2 is 1.79 bits per heavy atom. The Bertz CT molecular complexity index is 1030. The van der Waals surface area contributed by atoms with E-state index in [0.717, 1.165) is 30.2 Å². The molecule has 2 rings (SSSR count). The molecule has 0 aromatic heterocycles. The molecule has 0 amide bonds. The van der Waals surface area contributed by atoms with Crippen LogP contribution in [0.15, 0.2) is 76.9 Å². The van der Waals surface area contributed by atoms with Gasteiger partial charge in [-0.15, -0.1) is 0 Å². The number of ether oxygens (including phenoxy) is 1. The van der Waals surface area contributed by atoms with Crippen LogP contribution in [-0.4, -0.2) is 5.97 Å². The molecule has 178 valence electrons. The maximum atomic E-state index is 12.8. The average Bonchev–Trinajstić information content (AvgIpc) is 2.67. The molecule has 5 heteroatoms. The van der Waals surface area contributed by atoms with Gasteiger partial charge in [-0.2, -0.15) is 13.2 Å². The number of carbonyl (C=O) groups excluding carboxylic acids is 1. The summed E-state index contributed by atoms with van der Waals surface area (Å²) in [6.07, 6.45) is 10.4. The van der Waals surface area contributed by atoms with Crippen molar-refractivity contribution in [1.82, 2.24) is 0 Å². The molecule has 0 heterocycles. The molecule has 0 fully saturated rings. The van der Waals surface area contributed by atoms with Gasteiger partial charge in [0.25, 0.3) is 0 Å². The molecule has 0 aliphatic heterocycles. The topological polar surface area (TPSA) is 26.3 Å². The highest BCUT2D eigenvalue weighted by atomic mass is 19.4. The Morgan fingerprint density at radius 1 is 1.09 bits per heavy atom. The van der Waals surface area contributed by atoms with Crippen LogP contribution >= 0.6 is 0 Å². The van der Waals surface area contributed by atoms with Gasteiger partial charge in [0.1, 0.15) is 5.75 Å². The monoisotopic (exact) mass is 458 g/mol. The summed E-state index contributed by atoms with van der Waals surface area (Å²) in [6.45, 7) is 12.0. The maximum absolute atomic E-state index is 12.8. The number of benzene rings is 1. The van der Waals surface area contributed by atoms with Gasteiger partial charge in [0.05, 0.1) is 5.56 Å². The van der Waals surface area contributed by atoms with E-state index in [1.807, 2.05) is 19.1 Å². The van der Waals surface area contributed by atoms with Gasteiger partial charge in [-0.3, -0.25) is 0 Å². The predicted molar refractivity (Wildman–Crippen MR) is 128 cm³/mol. The van der Waals surface area contributed by atoms with E-state index in [2.05, 4.69) is 32.9 Å². The first-order chi connectivity index (χ1) is 15.3. The summed E-state index contributed by atoms with van der Waals surface area (Å²) < 4.78 is 43.5. The molecule has 0 spiro atoms. The number of aryl methyl sites for hydroxylation is 1. The molecule has 0 atom stereocenters. The van der Waals surface area contributed by atoms with Crippen molar-refractivity contribution in [1.29, 1.82) is 0 Å². The molecule has 0 bridgehead atoms. The van der Waals surface area contributed by atoms with Crippen LogP contribution in [0.1, 0.15) is 65.0 Å². The van der Waals surface area contributed by atoms with Crippen molar-refractivity contribution in [3.63, 3.8) is 0 Å². The number of hydrogen-bond acceptors (Lipinski definition) is 2. The van der Waals surface area contributed by atoms with Crippen LogP contribution in [0.3, 0.4) is 0 Å². The Balaban J connectivity index is 2.00. The van der Waals surface area contributed by atoms with Crippen molar-refractivity contribution >= 4 is 5.97 Å². The first-order valence-corrected chi connectivity index (χ1v) is 11.1. The highest BCUT2D eigenvalue weighted by Crippen LogP contribution is 2.40. The fourth-order valence-electron chi connectivity index (χ4n) is 3.94. The van der Waals surface area contributed by atoms with Crippen LogP contribution in [0.25, 0.3) is 0 Å². The fourth-order valence-corrected chi connectivity index (χ4v) is 3.94. The molecule has 33 heavy (non-hydrogen) atoms. The molecule has 1 aliphatic rings. The van der Waals surface area contributed by atoms with Crippen molar-refractivity contribution in [3.8, 4) is 5.75 Å². The van der Waals surface area contributed by atoms with Crippen LogP contribution in [0.2, 0.25) is 0 Å². The number of alkyl halides is 3. The molecule has 1 aromatic rings.